The second-order valence-corrected chi connectivity index (χ2v) is 24.7. The van der Waals surface area contributed by atoms with Gasteiger partial charge in [0.05, 0.1) is 69.7 Å². The number of benzene rings is 4. The Morgan fingerprint density at radius 2 is 1.44 bits per heavy atom. The summed E-state index contributed by atoms with van der Waals surface area (Å²) in [4.78, 5) is 92.6. The van der Waals surface area contributed by atoms with Gasteiger partial charge in [0.15, 0.2) is 29.6 Å². The number of likely N-dealkylation sites (tertiary alicyclic amines) is 2. The number of methoxy groups -OCH3 is 5. The molecule has 4 aromatic carbocycles. The maximum Gasteiger partial charge on any atom is 0.329 e. The number of aliphatic hydroxyl groups is 1. The maximum absolute atomic E-state index is 14.7. The van der Waals surface area contributed by atoms with Crippen LogP contribution in [0.2, 0.25) is 0 Å². The molecule has 3 heterocycles. The lowest BCUT2D eigenvalue weighted by Gasteiger charge is -2.37. The van der Waals surface area contributed by atoms with Crippen molar-refractivity contribution in [3.05, 3.63) is 112 Å². The molecule has 0 saturated carbocycles. The molecule has 0 spiro atoms. The molecule has 0 radical (unpaired) electrons. The number of amides is 5. The van der Waals surface area contributed by atoms with E-state index in [0.717, 1.165) is 46.5 Å². The van der Waals surface area contributed by atoms with Crippen molar-refractivity contribution in [3.63, 3.8) is 0 Å². The number of esters is 1. The lowest BCUT2D eigenvalue weighted by Crippen LogP contribution is -2.57. The van der Waals surface area contributed by atoms with E-state index < -0.39 is 53.5 Å². The Balaban J connectivity index is 0.912. The van der Waals surface area contributed by atoms with Gasteiger partial charge in [0.2, 0.25) is 29.4 Å². The number of para-hydroxylation sites is 1. The van der Waals surface area contributed by atoms with Crippen molar-refractivity contribution < 1.29 is 67.0 Å². The van der Waals surface area contributed by atoms with E-state index in [4.69, 9.17) is 33.2 Å². The summed E-state index contributed by atoms with van der Waals surface area (Å²) < 4.78 is 40.5. The Bertz CT molecular complexity index is 3180. The molecular formula is C68H90N6O14S. The third-order valence-corrected chi connectivity index (χ3v) is 17.6. The van der Waals surface area contributed by atoms with E-state index in [-0.39, 0.29) is 55.7 Å². The van der Waals surface area contributed by atoms with Gasteiger partial charge in [-0.05, 0) is 123 Å². The highest BCUT2D eigenvalue weighted by molar-refractivity contribution is 7.13. The number of thiazole rings is 1. The number of ether oxygens (including phenoxy) is 7. The number of β-amino-alcohol motifs (C(OH)–C–C–N with tert-alkyl or cyclic N) is 1. The van der Waals surface area contributed by atoms with E-state index in [0.29, 0.717) is 104 Å². The Morgan fingerprint density at radius 3 is 2.09 bits per heavy atom. The summed E-state index contributed by atoms with van der Waals surface area (Å²) in [6, 6.07) is 21.1. The number of nitrogens with zero attached hydrogens (tertiary/aromatic N) is 3. The fourth-order valence-electron chi connectivity index (χ4n) is 11.6. The molecule has 2 aliphatic rings. The molecule has 4 N–H and O–H groups in total. The zero-order chi connectivity index (χ0) is 64.4. The summed E-state index contributed by atoms with van der Waals surface area (Å²) in [6.45, 7) is 11.7. The third kappa shape index (κ3) is 17.9. The highest BCUT2D eigenvalue weighted by Crippen LogP contribution is 2.42. The molecule has 5 amide bonds. The van der Waals surface area contributed by atoms with Crippen LogP contribution >= 0.6 is 11.3 Å². The van der Waals surface area contributed by atoms with Crippen LogP contribution in [0.25, 0.3) is 10.4 Å². The average molecular weight is 1250 g/mol. The highest BCUT2D eigenvalue weighted by Gasteiger charge is 2.45. The summed E-state index contributed by atoms with van der Waals surface area (Å²) in [5.41, 5.74) is 6.11. The van der Waals surface area contributed by atoms with E-state index >= 15 is 0 Å². The number of hydrogen-bond acceptors (Lipinski definition) is 16. The van der Waals surface area contributed by atoms with E-state index in [2.05, 4.69) is 20.9 Å². The van der Waals surface area contributed by atoms with E-state index in [9.17, 15) is 33.9 Å². The quantitative estimate of drug-likeness (QED) is 0.0247. The van der Waals surface area contributed by atoms with Crippen LogP contribution in [0, 0.1) is 12.3 Å². The Labute approximate surface area is 527 Å². The molecule has 7 atom stereocenters. The van der Waals surface area contributed by atoms with Gasteiger partial charge >= 0.3 is 5.97 Å². The van der Waals surface area contributed by atoms with Crippen LogP contribution in [0.4, 0.5) is 0 Å². The van der Waals surface area contributed by atoms with E-state index in [1.165, 1.54) is 26.2 Å². The van der Waals surface area contributed by atoms with E-state index in [1.54, 1.807) is 54.7 Å². The van der Waals surface area contributed by atoms with Crippen molar-refractivity contribution in [3.8, 4) is 44.9 Å². The second kappa shape index (κ2) is 32.5. The number of rotatable bonds is 30. The average Bonchev–Trinajstić information content (AvgIpc) is 2.23. The molecule has 0 bridgehead atoms. The standard InChI is InChI=1S/C68H90N6O14S/c1-12-49(47-36-57(84-9)61(86-11)58(37-47)85-10)65(79)73-34-20-18-22-51(73)67(81)88-54(31-25-44-26-32-55(82-7)56(35-44)83-8)50-21-16-17-23-53(50)87-40-60(77)69-33-19-14-13-15-24-59(76)72-63(68(4,5)6)66(80)74-39-48(75)38-52(74)64(78)71-42(2)45-27-29-46(30-28-45)62-43(3)70-41-89-62/h16-17,21,23,26-30,32,35-37,41-42,48-49,51-52,54,63,75H,12-15,18-20,22,24-25,31,33-34,38-40H2,1-11H3,(H,69,77)(H,71,78)(H,72,76)/t42-,48+,49-,51-,52-,54+,63+/m0/s1. The number of aryl methyl sites for hydroxylation is 2. The van der Waals surface area contributed by atoms with Gasteiger partial charge in [-0.3, -0.25) is 24.0 Å². The number of aromatic nitrogens is 1. The Morgan fingerprint density at radius 1 is 0.742 bits per heavy atom. The Hall–Kier alpha value is -7.91. The van der Waals surface area contributed by atoms with Crippen molar-refractivity contribution in [1.82, 2.24) is 30.7 Å². The summed E-state index contributed by atoms with van der Waals surface area (Å²) in [5.74, 6) is -0.0982. The number of piperidine rings is 1. The molecule has 482 valence electrons. The van der Waals surface area contributed by atoms with Gasteiger partial charge in [0, 0.05) is 38.0 Å². The van der Waals surface area contributed by atoms with Gasteiger partial charge in [-0.25, -0.2) is 9.78 Å². The minimum atomic E-state index is -0.947. The number of carbonyl (C=O) groups is 6. The molecule has 5 aromatic rings. The second-order valence-electron chi connectivity index (χ2n) is 23.8. The molecule has 20 nitrogen and oxygen atoms in total. The van der Waals surface area contributed by atoms with Crippen LogP contribution in [0.1, 0.15) is 151 Å². The minimum Gasteiger partial charge on any atom is -0.493 e. The van der Waals surface area contributed by atoms with Crippen molar-refractivity contribution >= 4 is 46.8 Å². The fourth-order valence-corrected chi connectivity index (χ4v) is 12.5. The lowest BCUT2D eigenvalue weighted by molar-refractivity contribution is -0.162. The van der Waals surface area contributed by atoms with Gasteiger partial charge in [0.25, 0.3) is 5.91 Å². The zero-order valence-corrected chi connectivity index (χ0v) is 54.3. The fraction of sp³-hybridized carbons (Fsp3) is 0.515. The molecule has 0 aliphatic carbocycles. The molecule has 0 unspecified atom stereocenters. The number of nitrogens with one attached hydrogen (secondary N) is 3. The topological polar surface area (TPSA) is 243 Å². The van der Waals surface area contributed by atoms with Gasteiger partial charge in [-0.15, -0.1) is 11.3 Å². The summed E-state index contributed by atoms with van der Waals surface area (Å²) in [6.07, 6.45) is 4.18. The smallest absolute Gasteiger partial charge is 0.329 e. The van der Waals surface area contributed by atoms with Crippen molar-refractivity contribution in [2.45, 2.75) is 161 Å². The van der Waals surface area contributed by atoms with Gasteiger partial charge in [0.1, 0.15) is 30.0 Å². The molecule has 1 aromatic heterocycles. The van der Waals surface area contributed by atoms with Gasteiger partial charge < -0.3 is 64.0 Å². The highest BCUT2D eigenvalue weighted by atomic mass is 32.1. The number of aliphatic hydroxyl groups excluding tert-OH is 1. The molecule has 7 rings (SSSR count). The van der Waals surface area contributed by atoms with Crippen molar-refractivity contribution in [2.24, 2.45) is 5.41 Å². The van der Waals surface area contributed by atoms with Gasteiger partial charge in [-0.1, -0.05) is 89.1 Å². The monoisotopic (exact) mass is 1250 g/mol. The normalized spacial score (nSPS) is 17.1. The molecule has 21 heteroatoms. The molecular weight excluding hydrogens is 1160 g/mol. The summed E-state index contributed by atoms with van der Waals surface area (Å²) >= 11 is 1.57. The van der Waals surface area contributed by atoms with Crippen LogP contribution in [0.5, 0.6) is 34.5 Å². The molecule has 89 heavy (non-hydrogen) atoms. The zero-order valence-electron chi connectivity index (χ0n) is 53.4. The molecule has 2 aliphatic heterocycles. The first-order valence-corrected chi connectivity index (χ1v) is 31.7. The predicted octanol–water partition coefficient (Wildman–Crippen LogP) is 9.77. The lowest BCUT2D eigenvalue weighted by atomic mass is 9.85. The van der Waals surface area contributed by atoms with Crippen LogP contribution < -0.4 is 44.4 Å². The number of hydrogen-bond donors (Lipinski definition) is 4. The summed E-state index contributed by atoms with van der Waals surface area (Å²) in [7, 11) is 7.69. The maximum atomic E-state index is 14.7. The Kier molecular flexibility index (Phi) is 25.1. The first kappa shape index (κ1) is 68.6. The van der Waals surface area contributed by atoms with Crippen molar-refractivity contribution in [1.29, 1.82) is 0 Å². The van der Waals surface area contributed by atoms with E-state index in [1.807, 2.05) is 102 Å². The number of unbranched alkanes of at least 4 members (excludes halogenated alkanes) is 3. The first-order valence-electron chi connectivity index (χ1n) is 30.8. The van der Waals surface area contributed by atoms with Crippen molar-refractivity contribution in [2.75, 3.05) is 61.8 Å². The van der Waals surface area contributed by atoms with Crippen LogP contribution in [-0.4, -0.2) is 141 Å². The molecule has 2 saturated heterocycles. The third-order valence-electron chi connectivity index (χ3n) is 16.6. The molecule has 2 fully saturated rings. The van der Waals surface area contributed by atoms with Crippen LogP contribution in [0.15, 0.2) is 84.4 Å². The first-order chi connectivity index (χ1) is 42.7. The SMILES string of the molecule is CC[C@H](C(=O)N1CCCC[C@H]1C(=O)O[C@H](CCc1ccc(OC)c(OC)c1)c1ccccc1OCC(=O)NCCCCCCC(=O)N[C@H](C(=O)N1C[C@H](O)C[C@H]1C(=O)N[C@@H](C)c1ccc(-c2scnc2C)cc1)C(C)(C)C)c1cc(OC)c(OC)c(OC)c1. The minimum absolute atomic E-state index is 0.0280. The summed E-state index contributed by atoms with van der Waals surface area (Å²) in [5, 5.41) is 19.7. The largest absolute Gasteiger partial charge is 0.493 e. The van der Waals surface area contributed by atoms with Gasteiger partial charge in [-0.2, -0.15) is 0 Å². The van der Waals surface area contributed by atoms with Crippen LogP contribution in [-0.2, 0) is 39.9 Å². The predicted molar refractivity (Wildman–Crippen MR) is 340 cm³/mol. The number of carbonyl (C=O) groups excluding carboxylic acids is 6. The van der Waals surface area contributed by atoms with Crippen LogP contribution in [0.3, 0.4) is 0 Å².